The van der Waals surface area contributed by atoms with Crippen molar-refractivity contribution in [1.82, 2.24) is 9.88 Å². The zero-order valence-electron chi connectivity index (χ0n) is 15.8. The molecule has 2 aromatic rings. The largest absolute Gasteiger partial charge is 0.469 e. The average molecular weight is 368 g/mol. The van der Waals surface area contributed by atoms with Crippen molar-refractivity contribution in [2.24, 2.45) is 11.8 Å². The summed E-state index contributed by atoms with van der Waals surface area (Å²) in [7, 11) is 3.48. The van der Waals surface area contributed by atoms with E-state index in [0.717, 1.165) is 23.0 Å². The van der Waals surface area contributed by atoms with Crippen LogP contribution in [0.3, 0.4) is 0 Å². The summed E-state index contributed by atoms with van der Waals surface area (Å²) in [6.07, 6.45) is 0.990. The molecule has 5 atom stereocenters. The van der Waals surface area contributed by atoms with Crippen LogP contribution in [-0.4, -0.2) is 60.1 Å². The zero-order chi connectivity index (χ0) is 18.9. The molecule has 6 heteroatoms. The molecule has 27 heavy (non-hydrogen) atoms. The molecule has 1 aliphatic carbocycles. The molecule has 0 radical (unpaired) electrons. The molecule has 3 heterocycles. The summed E-state index contributed by atoms with van der Waals surface area (Å²) in [5, 5.41) is 1.06. The average Bonchev–Trinajstić information content (AvgIpc) is 3.13. The predicted molar refractivity (Wildman–Crippen MR) is 99.6 cm³/mol. The number of likely N-dealkylation sites (tertiary alicyclic amines) is 1. The SMILES string of the molecule is COC(=O)[C@H]1[C@H]2CC(=O)c3[nH]c4ccccc4c3C[C@@H]1N(C)C[C@@]21OC1C. The van der Waals surface area contributed by atoms with Crippen LogP contribution in [0.1, 0.15) is 29.4 Å². The van der Waals surface area contributed by atoms with Crippen LogP contribution in [0.15, 0.2) is 24.3 Å². The molecule has 142 valence electrons. The molecular weight excluding hydrogens is 344 g/mol. The summed E-state index contributed by atoms with van der Waals surface area (Å²) in [4.78, 5) is 31.6. The molecule has 0 saturated carbocycles. The molecule has 1 aromatic carbocycles. The number of H-pyrrole nitrogens is 1. The van der Waals surface area contributed by atoms with Crippen molar-refractivity contribution in [3.63, 3.8) is 0 Å². The van der Waals surface area contributed by atoms with Gasteiger partial charge in [0.05, 0.1) is 24.8 Å². The lowest BCUT2D eigenvalue weighted by Gasteiger charge is -2.47. The highest BCUT2D eigenvalue weighted by Gasteiger charge is 2.67. The van der Waals surface area contributed by atoms with Crippen molar-refractivity contribution in [2.75, 3.05) is 20.7 Å². The maximum Gasteiger partial charge on any atom is 0.310 e. The number of ketones is 1. The number of para-hydroxylation sites is 1. The second-order valence-electron chi connectivity index (χ2n) is 8.21. The van der Waals surface area contributed by atoms with Crippen molar-refractivity contribution in [1.29, 1.82) is 0 Å². The van der Waals surface area contributed by atoms with Gasteiger partial charge in [0.25, 0.3) is 0 Å². The summed E-state index contributed by atoms with van der Waals surface area (Å²) < 4.78 is 11.2. The van der Waals surface area contributed by atoms with Gasteiger partial charge in [0, 0.05) is 35.8 Å². The molecule has 3 aliphatic rings. The number of aromatic amines is 1. The molecule has 1 aromatic heterocycles. The third-order valence-electron chi connectivity index (χ3n) is 6.95. The molecule has 1 spiro atoms. The van der Waals surface area contributed by atoms with Crippen LogP contribution in [0, 0.1) is 11.8 Å². The quantitative estimate of drug-likeness (QED) is 0.617. The van der Waals surface area contributed by atoms with Gasteiger partial charge in [0.1, 0.15) is 5.60 Å². The fraction of sp³-hybridized carbons (Fsp3) is 0.524. The van der Waals surface area contributed by atoms with Crippen molar-refractivity contribution in [2.45, 2.75) is 37.5 Å². The number of nitrogens with one attached hydrogen (secondary N) is 1. The number of carbonyl (C=O) groups is 2. The van der Waals surface area contributed by atoms with E-state index in [1.165, 1.54) is 7.11 Å². The Kier molecular flexibility index (Phi) is 3.55. The summed E-state index contributed by atoms with van der Waals surface area (Å²) in [5.41, 5.74) is 2.24. The Morgan fingerprint density at radius 3 is 2.78 bits per heavy atom. The molecule has 5 rings (SSSR count). The van der Waals surface area contributed by atoms with Gasteiger partial charge in [0.15, 0.2) is 5.78 Å². The number of methoxy groups -OCH3 is 1. The normalized spacial score (nSPS) is 35.6. The Morgan fingerprint density at radius 1 is 1.33 bits per heavy atom. The summed E-state index contributed by atoms with van der Waals surface area (Å²) in [6.45, 7) is 2.77. The van der Waals surface area contributed by atoms with E-state index in [0.29, 0.717) is 18.5 Å². The first-order valence-corrected chi connectivity index (χ1v) is 9.55. The second kappa shape index (κ2) is 5.66. The van der Waals surface area contributed by atoms with E-state index in [-0.39, 0.29) is 35.7 Å². The number of epoxide rings is 1. The van der Waals surface area contributed by atoms with Gasteiger partial charge in [-0.15, -0.1) is 0 Å². The van der Waals surface area contributed by atoms with Crippen molar-refractivity contribution < 1.29 is 19.1 Å². The number of rotatable bonds is 1. The topological polar surface area (TPSA) is 74.9 Å². The van der Waals surface area contributed by atoms with Crippen LogP contribution in [-0.2, 0) is 20.7 Å². The minimum atomic E-state index is -0.427. The van der Waals surface area contributed by atoms with E-state index in [4.69, 9.17) is 9.47 Å². The van der Waals surface area contributed by atoms with Crippen LogP contribution in [0.2, 0.25) is 0 Å². The minimum absolute atomic E-state index is 0.0180. The van der Waals surface area contributed by atoms with Crippen LogP contribution in [0.4, 0.5) is 0 Å². The standard InChI is InChI=1S/C21H24N2O4/c1-11-21(27-11)10-23(2)16-8-13-12-6-4-5-7-15(12)22-19(13)17(24)9-14(21)18(16)20(25)26-3/h4-7,11,14,16,18,22H,8-10H2,1-3H3/t11?,14-,16+,18+,21+/m1/s1. The van der Waals surface area contributed by atoms with Gasteiger partial charge in [-0.3, -0.25) is 14.5 Å². The van der Waals surface area contributed by atoms with E-state index in [1.54, 1.807) is 0 Å². The maximum atomic E-state index is 13.2. The molecule has 1 unspecified atom stereocenters. The number of hydrogen-bond donors (Lipinski definition) is 1. The van der Waals surface area contributed by atoms with E-state index < -0.39 is 5.60 Å². The number of Topliss-reactive ketones (excluding diaryl/α,β-unsaturated/α-hetero) is 1. The molecular formula is C21H24N2O4. The number of piperidine rings is 1. The van der Waals surface area contributed by atoms with E-state index in [9.17, 15) is 9.59 Å². The third-order valence-corrected chi connectivity index (χ3v) is 6.95. The van der Waals surface area contributed by atoms with Gasteiger partial charge < -0.3 is 14.5 Å². The lowest BCUT2D eigenvalue weighted by atomic mass is 9.67. The third kappa shape index (κ3) is 2.26. The lowest BCUT2D eigenvalue weighted by Crippen LogP contribution is -2.60. The molecule has 0 amide bonds. The molecule has 2 aliphatic heterocycles. The van der Waals surface area contributed by atoms with Crippen molar-refractivity contribution in [3.8, 4) is 0 Å². The second-order valence-corrected chi connectivity index (χ2v) is 8.21. The highest BCUT2D eigenvalue weighted by Crippen LogP contribution is 2.54. The molecule has 2 saturated heterocycles. The first-order chi connectivity index (χ1) is 13.0. The summed E-state index contributed by atoms with van der Waals surface area (Å²) >= 11 is 0. The molecule has 1 N–H and O–H groups in total. The smallest absolute Gasteiger partial charge is 0.310 e. The lowest BCUT2D eigenvalue weighted by molar-refractivity contribution is -0.155. The van der Waals surface area contributed by atoms with Gasteiger partial charge in [-0.1, -0.05) is 18.2 Å². The van der Waals surface area contributed by atoms with Crippen LogP contribution >= 0.6 is 0 Å². The molecule has 2 fully saturated rings. The first kappa shape index (κ1) is 17.0. The first-order valence-electron chi connectivity index (χ1n) is 9.55. The van der Waals surface area contributed by atoms with Crippen LogP contribution in [0.25, 0.3) is 10.9 Å². The highest BCUT2D eigenvalue weighted by molar-refractivity contribution is 6.03. The number of fused-ring (bicyclic) bond motifs is 6. The Bertz CT molecular complexity index is 951. The molecule has 2 bridgehead atoms. The Balaban J connectivity index is 1.69. The number of nitrogens with zero attached hydrogens (tertiary/aromatic N) is 1. The number of ether oxygens (including phenoxy) is 2. The van der Waals surface area contributed by atoms with E-state index in [2.05, 4.69) is 9.88 Å². The number of aromatic nitrogens is 1. The number of likely N-dealkylation sites (N-methyl/N-ethyl adjacent to an activating group) is 1. The van der Waals surface area contributed by atoms with E-state index >= 15 is 0 Å². The monoisotopic (exact) mass is 368 g/mol. The fourth-order valence-electron chi connectivity index (χ4n) is 5.52. The Hall–Kier alpha value is -2.18. The van der Waals surface area contributed by atoms with Crippen LogP contribution < -0.4 is 0 Å². The van der Waals surface area contributed by atoms with E-state index in [1.807, 2.05) is 38.2 Å². The fourth-order valence-corrected chi connectivity index (χ4v) is 5.52. The zero-order valence-corrected chi connectivity index (χ0v) is 15.8. The van der Waals surface area contributed by atoms with Crippen molar-refractivity contribution in [3.05, 3.63) is 35.5 Å². The summed E-state index contributed by atoms with van der Waals surface area (Å²) in [6, 6.07) is 7.97. The van der Waals surface area contributed by atoms with Gasteiger partial charge in [-0.25, -0.2) is 0 Å². The van der Waals surface area contributed by atoms with Gasteiger partial charge in [0.2, 0.25) is 0 Å². The minimum Gasteiger partial charge on any atom is -0.469 e. The summed E-state index contributed by atoms with van der Waals surface area (Å²) in [5.74, 6) is -0.711. The number of hydrogen-bond acceptors (Lipinski definition) is 5. The van der Waals surface area contributed by atoms with Crippen LogP contribution in [0.5, 0.6) is 0 Å². The van der Waals surface area contributed by atoms with Crippen molar-refractivity contribution >= 4 is 22.7 Å². The Labute approximate surface area is 157 Å². The number of benzene rings is 1. The van der Waals surface area contributed by atoms with Gasteiger partial charge >= 0.3 is 5.97 Å². The van der Waals surface area contributed by atoms with Gasteiger partial charge in [-0.2, -0.15) is 0 Å². The number of esters is 1. The predicted octanol–water partition coefficient (Wildman–Crippen LogP) is 2.17. The highest BCUT2D eigenvalue weighted by atomic mass is 16.6. The Morgan fingerprint density at radius 2 is 2.07 bits per heavy atom. The van der Waals surface area contributed by atoms with Gasteiger partial charge in [-0.05, 0) is 32.0 Å². The molecule has 6 nitrogen and oxygen atoms in total. The number of carbonyl (C=O) groups excluding carboxylic acids is 2. The maximum absolute atomic E-state index is 13.2.